The summed E-state index contributed by atoms with van der Waals surface area (Å²) in [7, 11) is 0. The molecule has 5 nitrogen and oxygen atoms in total. The lowest BCUT2D eigenvalue weighted by Crippen LogP contribution is -2.33. The summed E-state index contributed by atoms with van der Waals surface area (Å²) in [5.74, 6) is -2.48. The fourth-order valence-corrected chi connectivity index (χ4v) is 4.12. The van der Waals surface area contributed by atoms with E-state index in [1.807, 2.05) is 24.4 Å². The molecule has 0 radical (unpaired) electrons. The third kappa shape index (κ3) is 4.09. The number of hydrogen-bond donors (Lipinski definition) is 1. The predicted molar refractivity (Wildman–Crippen MR) is 112 cm³/mol. The SMILES string of the molecule is Cc1nc(-c2ccc3c(c2)CCN3C(=O)CCNC(=O)c2ccc(F)cc2F)cs1. The number of fused-ring (bicyclic) bond motifs is 1. The monoisotopic (exact) mass is 427 g/mol. The minimum Gasteiger partial charge on any atom is -0.351 e. The van der Waals surface area contributed by atoms with E-state index in [9.17, 15) is 18.4 Å². The Hall–Kier alpha value is -3.13. The van der Waals surface area contributed by atoms with E-state index in [-0.39, 0.29) is 24.4 Å². The second-order valence-electron chi connectivity index (χ2n) is 7.02. The number of thiazole rings is 1. The Morgan fingerprint density at radius 2 is 2.03 bits per heavy atom. The number of nitrogens with one attached hydrogen (secondary N) is 1. The Bertz CT molecular complexity index is 1130. The van der Waals surface area contributed by atoms with Crippen molar-refractivity contribution in [2.24, 2.45) is 0 Å². The highest BCUT2D eigenvalue weighted by atomic mass is 32.1. The summed E-state index contributed by atoms with van der Waals surface area (Å²) in [5, 5.41) is 5.53. The van der Waals surface area contributed by atoms with Crippen LogP contribution in [0.5, 0.6) is 0 Å². The first kappa shape index (κ1) is 20.2. The third-order valence-corrected chi connectivity index (χ3v) is 5.76. The van der Waals surface area contributed by atoms with Crippen LogP contribution in [0.1, 0.15) is 27.3 Å². The quantitative estimate of drug-likeness (QED) is 0.667. The number of halogens is 2. The third-order valence-electron chi connectivity index (χ3n) is 4.99. The molecule has 0 aliphatic carbocycles. The summed E-state index contributed by atoms with van der Waals surface area (Å²) in [5.41, 5.74) is 3.66. The van der Waals surface area contributed by atoms with Crippen LogP contribution in [0.4, 0.5) is 14.5 Å². The number of hydrogen-bond acceptors (Lipinski definition) is 4. The van der Waals surface area contributed by atoms with E-state index in [1.54, 1.807) is 16.2 Å². The van der Waals surface area contributed by atoms with E-state index >= 15 is 0 Å². The normalized spacial score (nSPS) is 12.7. The molecular weight excluding hydrogens is 408 g/mol. The average molecular weight is 427 g/mol. The second-order valence-corrected chi connectivity index (χ2v) is 8.08. The Kier molecular flexibility index (Phi) is 5.59. The van der Waals surface area contributed by atoms with Gasteiger partial charge in [0.2, 0.25) is 5.91 Å². The van der Waals surface area contributed by atoms with Crippen LogP contribution in [0.3, 0.4) is 0 Å². The number of benzene rings is 2. The standard InChI is InChI=1S/C22H19F2N3O2S/c1-13-26-19(12-30-13)14-2-5-20-15(10-14)7-9-27(20)21(28)6-8-25-22(29)17-4-3-16(23)11-18(17)24/h2-5,10-12H,6-9H2,1H3,(H,25,29). The highest BCUT2D eigenvalue weighted by Gasteiger charge is 2.25. The van der Waals surface area contributed by atoms with Gasteiger partial charge in [-0.2, -0.15) is 0 Å². The molecule has 0 spiro atoms. The first-order valence-corrected chi connectivity index (χ1v) is 10.4. The van der Waals surface area contributed by atoms with Gasteiger partial charge in [-0.05, 0) is 43.2 Å². The van der Waals surface area contributed by atoms with Gasteiger partial charge in [0.15, 0.2) is 0 Å². The highest BCUT2D eigenvalue weighted by molar-refractivity contribution is 7.09. The van der Waals surface area contributed by atoms with Crippen LogP contribution in [0.25, 0.3) is 11.3 Å². The van der Waals surface area contributed by atoms with Gasteiger partial charge in [-0.1, -0.05) is 6.07 Å². The number of aryl methyl sites for hydroxylation is 1. The highest BCUT2D eigenvalue weighted by Crippen LogP contribution is 2.33. The van der Waals surface area contributed by atoms with Gasteiger partial charge in [-0.25, -0.2) is 13.8 Å². The zero-order valence-electron chi connectivity index (χ0n) is 16.2. The van der Waals surface area contributed by atoms with E-state index in [0.29, 0.717) is 12.6 Å². The minimum absolute atomic E-state index is 0.0660. The van der Waals surface area contributed by atoms with E-state index in [0.717, 1.165) is 46.1 Å². The topological polar surface area (TPSA) is 62.3 Å². The molecule has 0 saturated heterocycles. The van der Waals surface area contributed by atoms with E-state index < -0.39 is 17.5 Å². The zero-order valence-corrected chi connectivity index (χ0v) is 17.1. The molecule has 1 N–H and O–H groups in total. The van der Waals surface area contributed by atoms with Gasteiger partial charge in [0.05, 0.1) is 16.3 Å². The number of nitrogens with zero attached hydrogens (tertiary/aromatic N) is 2. The summed E-state index contributed by atoms with van der Waals surface area (Å²) < 4.78 is 26.6. The van der Waals surface area contributed by atoms with Gasteiger partial charge in [-0.3, -0.25) is 9.59 Å². The lowest BCUT2D eigenvalue weighted by molar-refractivity contribution is -0.118. The Balaban J connectivity index is 1.37. The van der Waals surface area contributed by atoms with Crippen molar-refractivity contribution in [1.29, 1.82) is 0 Å². The van der Waals surface area contributed by atoms with Gasteiger partial charge in [0, 0.05) is 42.2 Å². The zero-order chi connectivity index (χ0) is 21.3. The molecule has 154 valence electrons. The van der Waals surface area contributed by atoms with Crippen molar-refractivity contribution in [3.05, 3.63) is 69.5 Å². The van der Waals surface area contributed by atoms with Gasteiger partial charge < -0.3 is 10.2 Å². The number of aromatic nitrogens is 1. The molecular formula is C22H19F2N3O2S. The van der Waals surface area contributed by atoms with Crippen molar-refractivity contribution in [2.45, 2.75) is 19.8 Å². The molecule has 0 bridgehead atoms. The van der Waals surface area contributed by atoms with Crippen LogP contribution in [-0.4, -0.2) is 29.9 Å². The lowest BCUT2D eigenvalue weighted by atomic mass is 10.1. The van der Waals surface area contributed by atoms with Crippen LogP contribution >= 0.6 is 11.3 Å². The summed E-state index contributed by atoms with van der Waals surface area (Å²) in [6.07, 6.45) is 0.839. The van der Waals surface area contributed by atoms with Crippen LogP contribution in [-0.2, 0) is 11.2 Å². The first-order valence-electron chi connectivity index (χ1n) is 9.51. The van der Waals surface area contributed by atoms with Crippen LogP contribution < -0.4 is 10.2 Å². The molecule has 0 fully saturated rings. The minimum atomic E-state index is -0.932. The maximum Gasteiger partial charge on any atom is 0.254 e. The molecule has 4 rings (SSSR count). The van der Waals surface area contributed by atoms with Crippen molar-refractivity contribution in [3.8, 4) is 11.3 Å². The molecule has 1 aliphatic rings. The molecule has 2 amide bonds. The largest absolute Gasteiger partial charge is 0.351 e. The fourth-order valence-electron chi connectivity index (χ4n) is 3.50. The maximum absolute atomic E-state index is 13.7. The van der Waals surface area contributed by atoms with E-state index in [4.69, 9.17) is 0 Å². The number of anilines is 1. The number of carbonyl (C=O) groups excluding carboxylic acids is 2. The summed E-state index contributed by atoms with van der Waals surface area (Å²) in [6, 6.07) is 8.71. The molecule has 3 aromatic rings. The van der Waals surface area contributed by atoms with Crippen molar-refractivity contribution in [3.63, 3.8) is 0 Å². The summed E-state index contributed by atoms with van der Waals surface area (Å²) in [6.45, 7) is 2.61. The molecule has 2 aromatic carbocycles. The lowest BCUT2D eigenvalue weighted by Gasteiger charge is -2.18. The molecule has 1 aliphatic heterocycles. The van der Waals surface area contributed by atoms with Crippen molar-refractivity contribution in [1.82, 2.24) is 10.3 Å². The molecule has 8 heteroatoms. The van der Waals surface area contributed by atoms with Gasteiger partial charge in [0.25, 0.3) is 5.91 Å². The molecule has 0 atom stereocenters. The average Bonchev–Trinajstić information content (AvgIpc) is 3.33. The summed E-state index contributed by atoms with van der Waals surface area (Å²) in [4.78, 5) is 30.9. The van der Waals surface area contributed by atoms with E-state index in [1.165, 1.54) is 0 Å². The van der Waals surface area contributed by atoms with Crippen molar-refractivity contribution in [2.75, 3.05) is 18.0 Å². The fraction of sp³-hybridized carbons (Fsp3) is 0.227. The van der Waals surface area contributed by atoms with Gasteiger partial charge >= 0.3 is 0 Å². The molecule has 30 heavy (non-hydrogen) atoms. The van der Waals surface area contributed by atoms with Crippen molar-refractivity contribution >= 4 is 28.8 Å². The molecule has 2 heterocycles. The molecule has 0 unspecified atom stereocenters. The van der Waals surface area contributed by atoms with Crippen LogP contribution in [0.15, 0.2) is 41.8 Å². The maximum atomic E-state index is 13.7. The van der Waals surface area contributed by atoms with Gasteiger partial charge in [0.1, 0.15) is 11.6 Å². The smallest absolute Gasteiger partial charge is 0.254 e. The second kappa shape index (κ2) is 8.31. The number of carbonyl (C=O) groups is 2. The molecule has 1 aromatic heterocycles. The Morgan fingerprint density at radius 3 is 2.77 bits per heavy atom. The van der Waals surface area contributed by atoms with Gasteiger partial charge in [-0.15, -0.1) is 11.3 Å². The van der Waals surface area contributed by atoms with E-state index in [2.05, 4.69) is 16.4 Å². The number of amides is 2. The van der Waals surface area contributed by atoms with Crippen LogP contribution in [0, 0.1) is 18.6 Å². The first-order chi connectivity index (χ1) is 14.4. The predicted octanol–water partition coefficient (Wildman–Crippen LogP) is 4.11. The Labute approximate surface area is 176 Å². The Morgan fingerprint density at radius 1 is 1.20 bits per heavy atom. The molecule has 0 saturated carbocycles. The summed E-state index contributed by atoms with van der Waals surface area (Å²) >= 11 is 1.60. The van der Waals surface area contributed by atoms with Crippen LogP contribution in [0.2, 0.25) is 0 Å². The van der Waals surface area contributed by atoms with Crippen molar-refractivity contribution < 1.29 is 18.4 Å². The number of rotatable bonds is 5.